The van der Waals surface area contributed by atoms with Crippen LogP contribution in [0.2, 0.25) is 0 Å². The van der Waals surface area contributed by atoms with Crippen LogP contribution in [0.4, 0.5) is 10.1 Å². The maximum atomic E-state index is 12.9. The number of benzene rings is 2. The van der Waals surface area contributed by atoms with E-state index < -0.39 is 11.8 Å². The summed E-state index contributed by atoms with van der Waals surface area (Å²) in [6, 6.07) is 11.3. The van der Waals surface area contributed by atoms with Crippen molar-refractivity contribution in [1.29, 1.82) is 0 Å². The van der Waals surface area contributed by atoms with Gasteiger partial charge in [-0.05, 0) is 30.7 Å². The Labute approximate surface area is 110 Å². The molecule has 2 aromatic rings. The van der Waals surface area contributed by atoms with Gasteiger partial charge in [0.1, 0.15) is 12.4 Å². The first-order chi connectivity index (χ1) is 9.06. The van der Waals surface area contributed by atoms with Crippen molar-refractivity contribution in [2.75, 3.05) is 5.73 Å². The third kappa shape index (κ3) is 3.31. The zero-order valence-corrected chi connectivity index (χ0v) is 10.5. The van der Waals surface area contributed by atoms with Gasteiger partial charge >= 0.3 is 5.97 Å². The van der Waals surface area contributed by atoms with E-state index in [1.807, 2.05) is 31.2 Å². The molecular formula is C15H14FNO2. The van der Waals surface area contributed by atoms with Crippen LogP contribution in [0, 0.1) is 12.7 Å². The Morgan fingerprint density at radius 3 is 2.74 bits per heavy atom. The summed E-state index contributed by atoms with van der Waals surface area (Å²) in [5.41, 5.74) is 7.82. The summed E-state index contributed by atoms with van der Waals surface area (Å²) in [6.45, 7) is 2.13. The number of anilines is 1. The third-order valence-electron chi connectivity index (χ3n) is 2.69. The second-order valence-corrected chi connectivity index (χ2v) is 4.30. The molecule has 19 heavy (non-hydrogen) atoms. The first-order valence-electron chi connectivity index (χ1n) is 5.84. The fraction of sp³-hybridized carbons (Fsp3) is 0.133. The number of carbonyl (C=O) groups is 1. The van der Waals surface area contributed by atoms with Crippen LogP contribution in [0.15, 0.2) is 42.5 Å². The van der Waals surface area contributed by atoms with Crippen molar-refractivity contribution < 1.29 is 13.9 Å². The molecule has 0 saturated heterocycles. The Hall–Kier alpha value is -2.36. The second-order valence-electron chi connectivity index (χ2n) is 4.30. The van der Waals surface area contributed by atoms with Crippen molar-refractivity contribution in [3.05, 3.63) is 65.0 Å². The molecular weight excluding hydrogens is 245 g/mol. The molecule has 0 spiro atoms. The van der Waals surface area contributed by atoms with Gasteiger partial charge in [0.15, 0.2) is 0 Å². The molecule has 0 aromatic heterocycles. The van der Waals surface area contributed by atoms with Crippen LogP contribution in [-0.2, 0) is 11.3 Å². The number of aryl methyl sites for hydroxylation is 1. The average Bonchev–Trinajstić information content (AvgIpc) is 2.36. The molecule has 0 atom stereocenters. The third-order valence-corrected chi connectivity index (χ3v) is 2.69. The quantitative estimate of drug-likeness (QED) is 0.680. The van der Waals surface area contributed by atoms with Crippen molar-refractivity contribution in [3.63, 3.8) is 0 Å². The lowest BCUT2D eigenvalue weighted by atomic mass is 10.1. The molecule has 0 aliphatic rings. The Morgan fingerprint density at radius 1 is 1.26 bits per heavy atom. The summed E-state index contributed by atoms with van der Waals surface area (Å²) in [5, 5.41) is 0. The van der Waals surface area contributed by atoms with Gasteiger partial charge in [-0.25, -0.2) is 9.18 Å². The summed E-state index contributed by atoms with van der Waals surface area (Å²) in [6.07, 6.45) is 0. The van der Waals surface area contributed by atoms with Crippen LogP contribution in [0.5, 0.6) is 0 Å². The number of nitrogens with two attached hydrogens (primary N) is 1. The lowest BCUT2D eigenvalue weighted by Crippen LogP contribution is -2.08. The Morgan fingerprint density at radius 2 is 2.05 bits per heavy atom. The predicted molar refractivity (Wildman–Crippen MR) is 71.1 cm³/mol. The molecule has 4 heteroatoms. The van der Waals surface area contributed by atoms with Gasteiger partial charge in [-0.2, -0.15) is 0 Å². The Kier molecular flexibility index (Phi) is 3.80. The lowest BCUT2D eigenvalue weighted by molar-refractivity contribution is 0.0474. The minimum Gasteiger partial charge on any atom is -0.457 e. The van der Waals surface area contributed by atoms with Gasteiger partial charge in [-0.3, -0.25) is 0 Å². The first-order valence-corrected chi connectivity index (χ1v) is 5.84. The predicted octanol–water partition coefficient (Wildman–Crippen LogP) is 3.07. The van der Waals surface area contributed by atoms with E-state index in [4.69, 9.17) is 10.5 Å². The molecule has 0 bridgehead atoms. The van der Waals surface area contributed by atoms with Gasteiger partial charge in [-0.15, -0.1) is 0 Å². The fourth-order valence-corrected chi connectivity index (χ4v) is 1.75. The van der Waals surface area contributed by atoms with E-state index in [0.29, 0.717) is 0 Å². The minimum atomic E-state index is -0.556. The van der Waals surface area contributed by atoms with Crippen molar-refractivity contribution in [2.24, 2.45) is 0 Å². The van der Waals surface area contributed by atoms with Gasteiger partial charge in [0.2, 0.25) is 0 Å². The largest absolute Gasteiger partial charge is 0.457 e. The average molecular weight is 259 g/mol. The summed E-state index contributed by atoms with van der Waals surface area (Å²) in [5.74, 6) is -1.04. The SMILES string of the molecule is Cc1cccc(COC(=O)c2ccc(F)cc2N)c1. The highest BCUT2D eigenvalue weighted by atomic mass is 19.1. The Balaban J connectivity index is 2.05. The smallest absolute Gasteiger partial charge is 0.340 e. The van der Waals surface area contributed by atoms with Gasteiger partial charge in [0.05, 0.1) is 5.56 Å². The first kappa shape index (κ1) is 13.1. The molecule has 0 fully saturated rings. The zero-order valence-electron chi connectivity index (χ0n) is 10.5. The van der Waals surface area contributed by atoms with E-state index >= 15 is 0 Å². The van der Waals surface area contributed by atoms with Gasteiger partial charge in [0, 0.05) is 5.69 Å². The summed E-state index contributed by atoms with van der Waals surface area (Å²) >= 11 is 0. The van der Waals surface area contributed by atoms with Crippen LogP contribution in [0.25, 0.3) is 0 Å². The molecule has 0 aliphatic carbocycles. The van der Waals surface area contributed by atoms with Gasteiger partial charge < -0.3 is 10.5 Å². The van der Waals surface area contributed by atoms with Crippen LogP contribution in [-0.4, -0.2) is 5.97 Å². The van der Waals surface area contributed by atoms with E-state index in [1.165, 1.54) is 12.1 Å². The highest BCUT2D eigenvalue weighted by Gasteiger charge is 2.11. The van der Waals surface area contributed by atoms with E-state index in [0.717, 1.165) is 17.2 Å². The van der Waals surface area contributed by atoms with Crippen molar-refractivity contribution in [3.8, 4) is 0 Å². The van der Waals surface area contributed by atoms with E-state index in [1.54, 1.807) is 0 Å². The molecule has 0 radical (unpaired) electrons. The topological polar surface area (TPSA) is 52.3 Å². The zero-order chi connectivity index (χ0) is 13.8. The second kappa shape index (κ2) is 5.52. The van der Waals surface area contributed by atoms with Gasteiger partial charge in [-0.1, -0.05) is 29.8 Å². The molecule has 0 aliphatic heterocycles. The molecule has 2 N–H and O–H groups in total. The summed E-state index contributed by atoms with van der Waals surface area (Å²) < 4.78 is 18.0. The normalized spacial score (nSPS) is 10.2. The van der Waals surface area contributed by atoms with E-state index in [-0.39, 0.29) is 17.9 Å². The van der Waals surface area contributed by atoms with E-state index in [9.17, 15) is 9.18 Å². The molecule has 3 nitrogen and oxygen atoms in total. The highest BCUT2D eigenvalue weighted by molar-refractivity contribution is 5.94. The minimum absolute atomic E-state index is 0.0780. The number of nitrogen functional groups attached to an aromatic ring is 1. The maximum absolute atomic E-state index is 12.9. The highest BCUT2D eigenvalue weighted by Crippen LogP contribution is 2.15. The van der Waals surface area contributed by atoms with Gasteiger partial charge in [0.25, 0.3) is 0 Å². The maximum Gasteiger partial charge on any atom is 0.340 e. The van der Waals surface area contributed by atoms with Crippen molar-refractivity contribution in [1.82, 2.24) is 0 Å². The van der Waals surface area contributed by atoms with Crippen LogP contribution < -0.4 is 5.73 Å². The molecule has 0 amide bonds. The number of carbonyl (C=O) groups excluding carboxylic acids is 1. The molecule has 0 heterocycles. The monoisotopic (exact) mass is 259 g/mol. The fourth-order valence-electron chi connectivity index (χ4n) is 1.75. The number of ether oxygens (including phenoxy) is 1. The standard InChI is InChI=1S/C15H14FNO2/c1-10-3-2-4-11(7-10)9-19-15(18)13-6-5-12(16)8-14(13)17/h2-8H,9,17H2,1H3. The van der Waals surface area contributed by atoms with E-state index in [2.05, 4.69) is 0 Å². The van der Waals surface area contributed by atoms with Crippen LogP contribution >= 0.6 is 0 Å². The molecule has 2 rings (SSSR count). The number of rotatable bonds is 3. The Bertz CT molecular complexity index is 611. The van der Waals surface area contributed by atoms with Crippen LogP contribution in [0.3, 0.4) is 0 Å². The van der Waals surface area contributed by atoms with Crippen LogP contribution in [0.1, 0.15) is 21.5 Å². The molecule has 0 saturated carbocycles. The number of hydrogen-bond acceptors (Lipinski definition) is 3. The molecule has 2 aromatic carbocycles. The lowest BCUT2D eigenvalue weighted by Gasteiger charge is -2.07. The summed E-state index contributed by atoms with van der Waals surface area (Å²) in [4.78, 5) is 11.8. The number of hydrogen-bond donors (Lipinski definition) is 1. The molecule has 0 unspecified atom stereocenters. The number of halogens is 1. The van der Waals surface area contributed by atoms with Crippen molar-refractivity contribution in [2.45, 2.75) is 13.5 Å². The summed E-state index contributed by atoms with van der Waals surface area (Å²) in [7, 11) is 0. The molecule has 98 valence electrons. The van der Waals surface area contributed by atoms with Crippen molar-refractivity contribution >= 4 is 11.7 Å². The number of esters is 1.